The lowest BCUT2D eigenvalue weighted by atomic mass is 9.91. The molecule has 0 aromatic heterocycles. The second-order valence-electron chi connectivity index (χ2n) is 4.74. The van der Waals surface area contributed by atoms with Crippen LogP contribution in [0.15, 0.2) is 0 Å². The molecule has 0 fully saturated rings. The predicted octanol–water partition coefficient (Wildman–Crippen LogP) is 2.98. The number of aliphatic hydroxyl groups is 3. The van der Waals surface area contributed by atoms with Gasteiger partial charge in [-0.25, -0.2) is 0 Å². The molecule has 3 nitrogen and oxygen atoms in total. The largest absolute Gasteiger partial charge is 0.395 e. The standard InChI is InChI=1S/C10H12F10O3/c1-2-3-4-5(11,12)6(13,14)7(15,16)8(17,18)9(19,20)10(21,22)23/h21-23H,2-4H2,1H3. The van der Waals surface area contributed by atoms with Gasteiger partial charge in [0.1, 0.15) is 0 Å². The molecular weight excluding hydrogens is 358 g/mol. The summed E-state index contributed by atoms with van der Waals surface area (Å²) in [5, 5.41) is 23.9. The molecule has 0 aromatic rings. The zero-order valence-corrected chi connectivity index (χ0v) is 11.2. The summed E-state index contributed by atoms with van der Waals surface area (Å²) in [4.78, 5) is 0. The van der Waals surface area contributed by atoms with Crippen molar-refractivity contribution >= 4 is 0 Å². The van der Waals surface area contributed by atoms with Crippen molar-refractivity contribution in [2.24, 2.45) is 0 Å². The maximum atomic E-state index is 13.2. The van der Waals surface area contributed by atoms with Gasteiger partial charge >= 0.3 is 35.6 Å². The lowest BCUT2D eigenvalue weighted by Gasteiger charge is -2.41. The van der Waals surface area contributed by atoms with Gasteiger partial charge < -0.3 is 15.3 Å². The SMILES string of the molecule is CCCCC(F)(F)C(F)(F)C(F)(F)C(F)(F)C(F)(F)C(O)(O)O. The second kappa shape index (κ2) is 5.92. The van der Waals surface area contributed by atoms with E-state index < -0.39 is 48.4 Å². The highest BCUT2D eigenvalue weighted by molar-refractivity contribution is 5.09. The summed E-state index contributed by atoms with van der Waals surface area (Å²) in [5.41, 5.74) is 0. The first-order valence-electron chi connectivity index (χ1n) is 5.87. The third kappa shape index (κ3) is 3.22. The maximum Gasteiger partial charge on any atom is 0.395 e. The zero-order valence-electron chi connectivity index (χ0n) is 11.2. The lowest BCUT2D eigenvalue weighted by molar-refractivity contribution is -0.484. The van der Waals surface area contributed by atoms with Crippen LogP contribution < -0.4 is 0 Å². The van der Waals surface area contributed by atoms with Crippen LogP contribution in [0.2, 0.25) is 0 Å². The highest BCUT2D eigenvalue weighted by Crippen LogP contribution is 2.59. The molecule has 0 amide bonds. The molecule has 0 saturated heterocycles. The van der Waals surface area contributed by atoms with Crippen molar-refractivity contribution < 1.29 is 59.2 Å². The number of rotatable bonds is 8. The molecule has 23 heavy (non-hydrogen) atoms. The van der Waals surface area contributed by atoms with Crippen molar-refractivity contribution in [3.63, 3.8) is 0 Å². The maximum absolute atomic E-state index is 13.2. The Morgan fingerprint density at radius 2 is 0.957 bits per heavy atom. The number of halogens is 10. The highest BCUT2D eigenvalue weighted by atomic mass is 19.4. The first kappa shape index (κ1) is 22.2. The topological polar surface area (TPSA) is 60.7 Å². The van der Waals surface area contributed by atoms with Gasteiger partial charge in [-0.15, -0.1) is 0 Å². The van der Waals surface area contributed by atoms with Crippen LogP contribution >= 0.6 is 0 Å². The molecule has 0 aliphatic rings. The van der Waals surface area contributed by atoms with Crippen LogP contribution in [0.1, 0.15) is 26.2 Å². The lowest BCUT2D eigenvalue weighted by Crippen LogP contribution is -2.72. The molecule has 0 radical (unpaired) electrons. The Balaban J connectivity index is 6.03. The van der Waals surface area contributed by atoms with Crippen LogP contribution in [0.4, 0.5) is 43.9 Å². The first-order valence-corrected chi connectivity index (χ1v) is 5.87. The molecule has 0 saturated carbocycles. The molecule has 0 atom stereocenters. The third-order valence-electron chi connectivity index (χ3n) is 2.91. The Hall–Kier alpha value is -0.820. The summed E-state index contributed by atoms with van der Waals surface area (Å²) >= 11 is 0. The average molecular weight is 370 g/mol. The minimum Gasteiger partial charge on any atom is -0.339 e. The van der Waals surface area contributed by atoms with Crippen molar-refractivity contribution in [3.8, 4) is 0 Å². The van der Waals surface area contributed by atoms with Gasteiger partial charge in [-0.2, -0.15) is 43.9 Å². The van der Waals surface area contributed by atoms with E-state index in [2.05, 4.69) is 0 Å². The molecule has 3 N–H and O–H groups in total. The molecule has 0 aliphatic heterocycles. The van der Waals surface area contributed by atoms with E-state index >= 15 is 0 Å². The Labute approximate surface area is 122 Å². The Morgan fingerprint density at radius 1 is 0.609 bits per heavy atom. The highest BCUT2D eigenvalue weighted by Gasteiger charge is 2.89. The summed E-state index contributed by atoms with van der Waals surface area (Å²) in [6, 6.07) is 0. The van der Waals surface area contributed by atoms with E-state index in [1.807, 2.05) is 0 Å². The Morgan fingerprint density at radius 3 is 1.26 bits per heavy atom. The minimum atomic E-state index is -7.43. The van der Waals surface area contributed by atoms with Gasteiger partial charge in [-0.1, -0.05) is 13.3 Å². The molecule has 140 valence electrons. The summed E-state index contributed by atoms with van der Waals surface area (Å²) in [7, 11) is 0. The monoisotopic (exact) mass is 370 g/mol. The van der Waals surface area contributed by atoms with Gasteiger partial charge in [0.05, 0.1) is 0 Å². The fraction of sp³-hybridized carbons (Fsp3) is 1.00. The van der Waals surface area contributed by atoms with E-state index in [0.29, 0.717) is 0 Å². The van der Waals surface area contributed by atoms with E-state index in [4.69, 9.17) is 15.3 Å². The smallest absolute Gasteiger partial charge is 0.339 e. The fourth-order valence-electron chi connectivity index (χ4n) is 1.39. The Bertz CT molecular complexity index is 416. The summed E-state index contributed by atoms with van der Waals surface area (Å²) in [6.45, 7) is 1.17. The van der Waals surface area contributed by atoms with E-state index in [-0.39, 0.29) is 6.42 Å². The Kier molecular flexibility index (Phi) is 5.71. The van der Waals surface area contributed by atoms with Gasteiger partial charge in [-0.05, 0) is 6.42 Å². The molecule has 0 spiro atoms. The molecule has 0 bridgehead atoms. The quantitative estimate of drug-likeness (QED) is 0.455. The van der Waals surface area contributed by atoms with Crippen LogP contribution in [0.25, 0.3) is 0 Å². The number of alkyl halides is 10. The molecule has 0 aliphatic carbocycles. The number of hydrogen-bond donors (Lipinski definition) is 3. The first-order chi connectivity index (χ1) is 9.81. The average Bonchev–Trinajstić information content (AvgIpc) is 2.34. The zero-order chi connectivity index (χ0) is 19.1. The molecule has 0 heterocycles. The molecule has 13 heteroatoms. The van der Waals surface area contributed by atoms with Crippen molar-refractivity contribution in [2.45, 2.75) is 61.8 Å². The van der Waals surface area contributed by atoms with E-state index in [1.54, 1.807) is 0 Å². The van der Waals surface area contributed by atoms with E-state index in [1.165, 1.54) is 6.92 Å². The van der Waals surface area contributed by atoms with Crippen LogP contribution in [0.5, 0.6) is 0 Å². The van der Waals surface area contributed by atoms with Crippen molar-refractivity contribution in [1.29, 1.82) is 0 Å². The molecular formula is C10H12F10O3. The summed E-state index contributed by atoms with van der Waals surface area (Å²) < 4.78 is 130. The molecule has 0 rings (SSSR count). The third-order valence-corrected chi connectivity index (χ3v) is 2.91. The molecule has 0 unspecified atom stereocenters. The van der Waals surface area contributed by atoms with Gasteiger partial charge in [0.2, 0.25) is 0 Å². The fourth-order valence-corrected chi connectivity index (χ4v) is 1.39. The van der Waals surface area contributed by atoms with Crippen LogP contribution in [0.3, 0.4) is 0 Å². The second-order valence-corrected chi connectivity index (χ2v) is 4.74. The number of hydrogen-bond acceptors (Lipinski definition) is 3. The molecule has 0 aromatic carbocycles. The summed E-state index contributed by atoms with van der Waals surface area (Å²) in [5.74, 6) is -40.5. The van der Waals surface area contributed by atoms with Crippen LogP contribution in [0, 0.1) is 0 Å². The van der Waals surface area contributed by atoms with Gasteiger partial charge in [-0.3, -0.25) is 0 Å². The van der Waals surface area contributed by atoms with E-state index in [0.717, 1.165) is 0 Å². The van der Waals surface area contributed by atoms with Crippen LogP contribution in [-0.4, -0.2) is 50.9 Å². The van der Waals surface area contributed by atoms with Crippen molar-refractivity contribution in [1.82, 2.24) is 0 Å². The van der Waals surface area contributed by atoms with Crippen molar-refractivity contribution in [3.05, 3.63) is 0 Å². The van der Waals surface area contributed by atoms with Gasteiger partial charge in [0, 0.05) is 6.42 Å². The summed E-state index contributed by atoms with van der Waals surface area (Å²) in [6.07, 6.45) is -3.06. The van der Waals surface area contributed by atoms with Gasteiger partial charge in [0.25, 0.3) is 0 Å². The minimum absolute atomic E-state index is 0.225. The number of unbranched alkanes of at least 4 members (excludes halogenated alkanes) is 1. The van der Waals surface area contributed by atoms with Crippen LogP contribution in [-0.2, 0) is 0 Å². The van der Waals surface area contributed by atoms with Crippen molar-refractivity contribution in [2.75, 3.05) is 0 Å². The predicted molar refractivity (Wildman–Crippen MR) is 53.6 cm³/mol. The normalized spacial score (nSPS) is 15.9. The van der Waals surface area contributed by atoms with E-state index in [9.17, 15) is 43.9 Å². The van der Waals surface area contributed by atoms with Gasteiger partial charge in [0.15, 0.2) is 0 Å².